The molecule has 0 aliphatic rings. The van der Waals surface area contributed by atoms with Crippen LogP contribution in [0.3, 0.4) is 0 Å². The first-order valence-corrected chi connectivity index (χ1v) is 6.08. The molecular formula is C14H21F2N. The van der Waals surface area contributed by atoms with Gasteiger partial charge >= 0.3 is 0 Å². The van der Waals surface area contributed by atoms with Crippen molar-refractivity contribution in [1.82, 2.24) is 5.32 Å². The maximum atomic E-state index is 13.1. The second-order valence-corrected chi connectivity index (χ2v) is 5.05. The van der Waals surface area contributed by atoms with Gasteiger partial charge in [-0.05, 0) is 43.0 Å². The summed E-state index contributed by atoms with van der Waals surface area (Å²) >= 11 is 0. The predicted octanol–water partition coefficient (Wildman–Crippen LogP) is 3.53. The van der Waals surface area contributed by atoms with Crippen LogP contribution in [0.4, 0.5) is 8.78 Å². The second kappa shape index (κ2) is 6.10. The fourth-order valence-corrected chi connectivity index (χ4v) is 2.48. The van der Waals surface area contributed by atoms with Crippen molar-refractivity contribution in [2.24, 2.45) is 5.41 Å². The molecule has 1 aromatic rings. The molecule has 0 spiro atoms. The summed E-state index contributed by atoms with van der Waals surface area (Å²) in [5, 5.41) is 3.16. The third-order valence-electron chi connectivity index (χ3n) is 3.01. The van der Waals surface area contributed by atoms with Crippen molar-refractivity contribution in [2.75, 3.05) is 13.6 Å². The van der Waals surface area contributed by atoms with Crippen LogP contribution in [0.15, 0.2) is 18.2 Å². The number of nitrogens with one attached hydrogen (secondary N) is 1. The molecule has 0 aromatic heterocycles. The van der Waals surface area contributed by atoms with E-state index >= 15 is 0 Å². The quantitative estimate of drug-likeness (QED) is 0.803. The van der Waals surface area contributed by atoms with Crippen LogP contribution >= 0.6 is 0 Å². The van der Waals surface area contributed by atoms with Crippen LogP contribution in [0.2, 0.25) is 0 Å². The van der Waals surface area contributed by atoms with E-state index in [2.05, 4.69) is 19.2 Å². The van der Waals surface area contributed by atoms with Crippen molar-refractivity contribution < 1.29 is 8.78 Å². The van der Waals surface area contributed by atoms with Crippen molar-refractivity contribution in [3.05, 3.63) is 35.4 Å². The highest BCUT2D eigenvalue weighted by Gasteiger charge is 2.23. The molecule has 1 aromatic carbocycles. The van der Waals surface area contributed by atoms with E-state index < -0.39 is 11.6 Å². The minimum absolute atomic E-state index is 0.0454. The Morgan fingerprint density at radius 1 is 1.18 bits per heavy atom. The van der Waals surface area contributed by atoms with Gasteiger partial charge in [-0.2, -0.15) is 0 Å². The van der Waals surface area contributed by atoms with E-state index in [9.17, 15) is 8.78 Å². The molecule has 0 bridgehead atoms. The molecule has 1 atom stereocenters. The first-order chi connectivity index (χ1) is 7.99. The Labute approximate surface area is 102 Å². The van der Waals surface area contributed by atoms with Gasteiger partial charge in [0.1, 0.15) is 11.6 Å². The molecule has 0 radical (unpaired) electrons. The van der Waals surface area contributed by atoms with Crippen molar-refractivity contribution in [2.45, 2.75) is 33.1 Å². The molecule has 0 aliphatic heterocycles. The maximum Gasteiger partial charge on any atom is 0.126 e. The van der Waals surface area contributed by atoms with E-state index in [1.165, 1.54) is 12.1 Å². The number of rotatable bonds is 6. The highest BCUT2D eigenvalue weighted by molar-refractivity contribution is 5.19. The van der Waals surface area contributed by atoms with E-state index in [0.29, 0.717) is 6.42 Å². The van der Waals surface area contributed by atoms with E-state index in [0.717, 1.165) is 31.0 Å². The van der Waals surface area contributed by atoms with Crippen LogP contribution in [0.1, 0.15) is 32.3 Å². The lowest BCUT2D eigenvalue weighted by Crippen LogP contribution is -2.31. The van der Waals surface area contributed by atoms with Gasteiger partial charge < -0.3 is 5.32 Å². The smallest absolute Gasteiger partial charge is 0.126 e. The maximum absolute atomic E-state index is 13.1. The van der Waals surface area contributed by atoms with Crippen LogP contribution < -0.4 is 5.32 Å². The molecule has 0 fully saturated rings. The summed E-state index contributed by atoms with van der Waals surface area (Å²) in [4.78, 5) is 0. The molecule has 0 amide bonds. The third-order valence-corrected chi connectivity index (χ3v) is 3.01. The average Bonchev–Trinajstić information content (AvgIpc) is 2.15. The summed E-state index contributed by atoms with van der Waals surface area (Å²) in [5.74, 6) is -0.994. The summed E-state index contributed by atoms with van der Waals surface area (Å²) in [7, 11) is 1.90. The molecule has 1 N–H and O–H groups in total. The van der Waals surface area contributed by atoms with E-state index in [1.54, 1.807) is 0 Å². The van der Waals surface area contributed by atoms with Gasteiger partial charge in [0.2, 0.25) is 0 Å². The van der Waals surface area contributed by atoms with Crippen LogP contribution in [-0.2, 0) is 6.42 Å². The summed E-state index contributed by atoms with van der Waals surface area (Å²) in [6.07, 6.45) is 2.79. The Morgan fingerprint density at radius 2 is 1.76 bits per heavy atom. The normalized spacial score (nSPS) is 14.6. The molecular weight excluding hydrogens is 220 g/mol. The largest absolute Gasteiger partial charge is 0.319 e. The fraction of sp³-hybridized carbons (Fsp3) is 0.571. The molecule has 3 heteroatoms. The molecule has 0 saturated heterocycles. The van der Waals surface area contributed by atoms with Crippen LogP contribution in [0, 0.1) is 17.0 Å². The van der Waals surface area contributed by atoms with E-state index in [-0.39, 0.29) is 5.41 Å². The molecule has 1 nitrogen and oxygen atoms in total. The Kier molecular flexibility index (Phi) is 5.06. The van der Waals surface area contributed by atoms with Gasteiger partial charge in [-0.25, -0.2) is 8.78 Å². The van der Waals surface area contributed by atoms with Gasteiger partial charge in [0.05, 0.1) is 0 Å². The number of hydrogen-bond donors (Lipinski definition) is 1. The lowest BCUT2D eigenvalue weighted by molar-refractivity contribution is 0.282. The van der Waals surface area contributed by atoms with Gasteiger partial charge in [0.25, 0.3) is 0 Å². The number of hydrogen-bond acceptors (Lipinski definition) is 1. The highest BCUT2D eigenvalue weighted by atomic mass is 19.1. The first kappa shape index (κ1) is 14.1. The van der Waals surface area contributed by atoms with E-state index in [1.807, 2.05) is 7.05 Å². The minimum Gasteiger partial charge on any atom is -0.319 e. The highest BCUT2D eigenvalue weighted by Crippen LogP contribution is 2.28. The Bertz CT molecular complexity index is 337. The number of benzene rings is 1. The van der Waals surface area contributed by atoms with Gasteiger partial charge in [-0.1, -0.05) is 20.3 Å². The molecule has 0 heterocycles. The van der Waals surface area contributed by atoms with Crippen LogP contribution in [0.25, 0.3) is 0 Å². The van der Waals surface area contributed by atoms with Gasteiger partial charge in [-0.3, -0.25) is 0 Å². The molecule has 0 aliphatic carbocycles. The fourth-order valence-electron chi connectivity index (χ4n) is 2.48. The SMILES string of the molecule is CCCC(C)(CNC)Cc1cc(F)cc(F)c1. The van der Waals surface area contributed by atoms with Gasteiger partial charge in [-0.15, -0.1) is 0 Å². The zero-order chi connectivity index (χ0) is 12.9. The Hall–Kier alpha value is -0.960. The predicted molar refractivity (Wildman–Crippen MR) is 67.0 cm³/mol. The van der Waals surface area contributed by atoms with Crippen molar-refractivity contribution in [1.29, 1.82) is 0 Å². The van der Waals surface area contributed by atoms with Gasteiger partial charge in [0.15, 0.2) is 0 Å². The zero-order valence-electron chi connectivity index (χ0n) is 10.8. The molecule has 96 valence electrons. The zero-order valence-corrected chi connectivity index (χ0v) is 10.8. The van der Waals surface area contributed by atoms with Crippen molar-refractivity contribution in [3.63, 3.8) is 0 Å². The molecule has 17 heavy (non-hydrogen) atoms. The Morgan fingerprint density at radius 3 is 2.24 bits per heavy atom. The Balaban J connectivity index is 2.85. The molecule has 0 saturated carbocycles. The third kappa shape index (κ3) is 4.43. The summed E-state index contributed by atoms with van der Waals surface area (Å²) in [6, 6.07) is 3.76. The lowest BCUT2D eigenvalue weighted by atomic mass is 9.79. The summed E-state index contributed by atoms with van der Waals surface area (Å²) in [6.45, 7) is 5.12. The topological polar surface area (TPSA) is 12.0 Å². The van der Waals surface area contributed by atoms with E-state index in [4.69, 9.17) is 0 Å². The summed E-state index contributed by atoms with van der Waals surface area (Å²) in [5.41, 5.74) is 0.776. The number of halogens is 2. The lowest BCUT2D eigenvalue weighted by Gasteiger charge is -2.29. The minimum atomic E-state index is -0.497. The molecule has 1 rings (SSSR count). The first-order valence-electron chi connectivity index (χ1n) is 6.08. The average molecular weight is 241 g/mol. The van der Waals surface area contributed by atoms with Crippen LogP contribution in [0.5, 0.6) is 0 Å². The molecule has 1 unspecified atom stereocenters. The summed E-state index contributed by atoms with van der Waals surface area (Å²) < 4.78 is 26.2. The van der Waals surface area contributed by atoms with Crippen LogP contribution in [-0.4, -0.2) is 13.6 Å². The van der Waals surface area contributed by atoms with Crippen molar-refractivity contribution >= 4 is 0 Å². The van der Waals surface area contributed by atoms with Gasteiger partial charge in [0, 0.05) is 12.6 Å². The van der Waals surface area contributed by atoms with Crippen molar-refractivity contribution in [3.8, 4) is 0 Å². The monoisotopic (exact) mass is 241 g/mol. The second-order valence-electron chi connectivity index (χ2n) is 5.05. The standard InChI is InChI=1S/C14H21F2N/c1-4-5-14(2,10-17-3)9-11-6-12(15)8-13(16)7-11/h6-8,17H,4-5,9-10H2,1-3H3.